The lowest BCUT2D eigenvalue weighted by molar-refractivity contribution is 0.0655. The van der Waals surface area contributed by atoms with Crippen LogP contribution in [0.1, 0.15) is 52.6 Å². The Balaban J connectivity index is 1.57. The number of aromatic amines is 1. The fraction of sp³-hybridized carbons (Fsp3) is 0.333. The highest BCUT2D eigenvalue weighted by atomic mass is 32.2. The van der Waals surface area contributed by atoms with Crippen molar-refractivity contribution in [3.63, 3.8) is 0 Å². The van der Waals surface area contributed by atoms with E-state index in [2.05, 4.69) is 9.97 Å². The van der Waals surface area contributed by atoms with Crippen LogP contribution in [0.4, 0.5) is 0 Å². The Hall–Kier alpha value is -2.41. The van der Waals surface area contributed by atoms with Crippen LogP contribution in [0.5, 0.6) is 0 Å². The summed E-state index contributed by atoms with van der Waals surface area (Å²) in [4.78, 5) is 44.6. The van der Waals surface area contributed by atoms with Crippen LogP contribution in [0.3, 0.4) is 0 Å². The van der Waals surface area contributed by atoms with Gasteiger partial charge in [0.15, 0.2) is 5.16 Å². The standard InChI is InChI=1S/C18H19N3O3S/c1-11(2)14-10-15(22)20-18(19-14)25-9-5-8-21-16(23)12-6-3-4-7-13(12)17(21)24/h3-4,6-7,10-11H,5,8-9H2,1-2H3,(H,19,20,22). The number of carbonyl (C=O) groups is 2. The molecule has 130 valence electrons. The summed E-state index contributed by atoms with van der Waals surface area (Å²) in [7, 11) is 0. The molecule has 0 fully saturated rings. The summed E-state index contributed by atoms with van der Waals surface area (Å²) >= 11 is 1.42. The molecule has 1 aliphatic rings. The van der Waals surface area contributed by atoms with Crippen molar-refractivity contribution in [1.29, 1.82) is 0 Å². The van der Waals surface area contributed by atoms with E-state index in [1.165, 1.54) is 22.7 Å². The molecule has 0 saturated carbocycles. The van der Waals surface area contributed by atoms with Crippen molar-refractivity contribution in [2.24, 2.45) is 0 Å². The van der Waals surface area contributed by atoms with Crippen LogP contribution in [-0.4, -0.2) is 39.0 Å². The zero-order valence-corrected chi connectivity index (χ0v) is 14.9. The van der Waals surface area contributed by atoms with Gasteiger partial charge in [-0.25, -0.2) is 4.98 Å². The van der Waals surface area contributed by atoms with Gasteiger partial charge in [0.25, 0.3) is 17.4 Å². The second kappa shape index (κ2) is 7.23. The number of rotatable bonds is 6. The summed E-state index contributed by atoms with van der Waals surface area (Å²) in [5.74, 6) is 0.357. The van der Waals surface area contributed by atoms with Crippen molar-refractivity contribution < 1.29 is 9.59 Å². The minimum Gasteiger partial charge on any atom is -0.301 e. The van der Waals surface area contributed by atoms with Crippen LogP contribution >= 0.6 is 11.8 Å². The molecule has 0 bridgehead atoms. The van der Waals surface area contributed by atoms with Crippen molar-refractivity contribution in [2.45, 2.75) is 31.3 Å². The molecule has 6 nitrogen and oxygen atoms in total. The minimum atomic E-state index is -0.237. The quantitative estimate of drug-likeness (QED) is 0.372. The molecular weight excluding hydrogens is 338 g/mol. The third-order valence-electron chi connectivity index (χ3n) is 3.97. The summed E-state index contributed by atoms with van der Waals surface area (Å²) < 4.78 is 0. The third-order valence-corrected chi connectivity index (χ3v) is 4.93. The summed E-state index contributed by atoms with van der Waals surface area (Å²) in [5.41, 5.74) is 1.53. The summed E-state index contributed by atoms with van der Waals surface area (Å²) in [6.45, 7) is 4.32. The summed E-state index contributed by atoms with van der Waals surface area (Å²) in [5, 5.41) is 0.568. The molecule has 0 atom stereocenters. The molecule has 2 aromatic rings. The number of thioether (sulfide) groups is 1. The van der Waals surface area contributed by atoms with Gasteiger partial charge in [-0.1, -0.05) is 37.7 Å². The third kappa shape index (κ3) is 3.66. The minimum absolute atomic E-state index is 0.165. The molecule has 25 heavy (non-hydrogen) atoms. The van der Waals surface area contributed by atoms with Crippen LogP contribution < -0.4 is 5.56 Å². The zero-order chi connectivity index (χ0) is 18.0. The summed E-state index contributed by atoms with van der Waals surface area (Å²) in [6, 6.07) is 8.38. The molecule has 1 aromatic heterocycles. The van der Waals surface area contributed by atoms with E-state index in [0.29, 0.717) is 35.0 Å². The number of benzene rings is 1. The molecule has 2 amide bonds. The fourth-order valence-electron chi connectivity index (χ4n) is 2.65. The Labute approximate surface area is 149 Å². The molecule has 2 heterocycles. The van der Waals surface area contributed by atoms with Gasteiger partial charge in [-0.2, -0.15) is 0 Å². The molecule has 1 aliphatic heterocycles. The molecule has 7 heteroatoms. The lowest BCUT2D eigenvalue weighted by Gasteiger charge is -2.13. The first-order chi connectivity index (χ1) is 12.0. The highest BCUT2D eigenvalue weighted by Crippen LogP contribution is 2.23. The topological polar surface area (TPSA) is 83.1 Å². The summed E-state index contributed by atoms with van der Waals surface area (Å²) in [6.07, 6.45) is 0.631. The molecule has 0 radical (unpaired) electrons. The van der Waals surface area contributed by atoms with E-state index in [1.54, 1.807) is 24.3 Å². The van der Waals surface area contributed by atoms with Crippen LogP contribution in [0, 0.1) is 0 Å². The normalized spacial score (nSPS) is 13.6. The fourth-order valence-corrected chi connectivity index (χ4v) is 3.46. The first-order valence-electron chi connectivity index (χ1n) is 8.16. The number of hydrogen-bond acceptors (Lipinski definition) is 5. The van der Waals surface area contributed by atoms with Crippen molar-refractivity contribution in [3.8, 4) is 0 Å². The zero-order valence-electron chi connectivity index (χ0n) is 14.1. The number of imide groups is 1. The highest BCUT2D eigenvalue weighted by Gasteiger charge is 2.34. The molecular formula is C18H19N3O3S. The van der Waals surface area contributed by atoms with E-state index in [-0.39, 0.29) is 23.3 Å². The van der Waals surface area contributed by atoms with E-state index < -0.39 is 0 Å². The molecule has 3 rings (SSSR count). The Morgan fingerprint density at radius 2 is 1.76 bits per heavy atom. The monoisotopic (exact) mass is 357 g/mol. The van der Waals surface area contributed by atoms with Crippen LogP contribution in [0.15, 0.2) is 40.3 Å². The van der Waals surface area contributed by atoms with Gasteiger partial charge < -0.3 is 4.98 Å². The van der Waals surface area contributed by atoms with Gasteiger partial charge in [-0.15, -0.1) is 0 Å². The first kappa shape index (κ1) is 17.4. The number of nitrogens with one attached hydrogen (secondary N) is 1. The van der Waals surface area contributed by atoms with Crippen LogP contribution in [0.25, 0.3) is 0 Å². The van der Waals surface area contributed by atoms with Crippen molar-refractivity contribution in [2.75, 3.05) is 12.3 Å². The van der Waals surface area contributed by atoms with E-state index >= 15 is 0 Å². The number of aromatic nitrogens is 2. The van der Waals surface area contributed by atoms with Gasteiger partial charge in [0.05, 0.1) is 16.8 Å². The SMILES string of the molecule is CC(C)c1cc(=O)[nH]c(SCCCN2C(=O)c3ccccc3C2=O)n1. The number of fused-ring (bicyclic) bond motifs is 1. The first-order valence-corrected chi connectivity index (χ1v) is 9.15. The predicted octanol–water partition coefficient (Wildman–Crippen LogP) is 2.67. The Morgan fingerprint density at radius 1 is 1.12 bits per heavy atom. The van der Waals surface area contributed by atoms with Gasteiger partial charge in [0.1, 0.15) is 0 Å². The molecule has 1 N–H and O–H groups in total. The molecule has 0 unspecified atom stereocenters. The van der Waals surface area contributed by atoms with Crippen molar-refractivity contribution >= 4 is 23.6 Å². The van der Waals surface area contributed by atoms with E-state index in [9.17, 15) is 14.4 Å². The maximum absolute atomic E-state index is 12.3. The number of amides is 2. The van der Waals surface area contributed by atoms with Crippen LogP contribution in [0.2, 0.25) is 0 Å². The van der Waals surface area contributed by atoms with E-state index in [4.69, 9.17) is 0 Å². The highest BCUT2D eigenvalue weighted by molar-refractivity contribution is 7.99. The Bertz CT molecular complexity index is 841. The van der Waals surface area contributed by atoms with E-state index in [0.717, 1.165) is 5.69 Å². The van der Waals surface area contributed by atoms with E-state index in [1.807, 2.05) is 13.8 Å². The van der Waals surface area contributed by atoms with Crippen molar-refractivity contribution in [1.82, 2.24) is 14.9 Å². The molecule has 0 saturated heterocycles. The van der Waals surface area contributed by atoms with Gasteiger partial charge in [0, 0.05) is 18.4 Å². The second-order valence-electron chi connectivity index (χ2n) is 6.14. The second-order valence-corrected chi connectivity index (χ2v) is 7.22. The Kier molecular flexibility index (Phi) is 5.03. The maximum Gasteiger partial charge on any atom is 0.261 e. The molecule has 1 aromatic carbocycles. The number of nitrogens with zero attached hydrogens (tertiary/aromatic N) is 2. The predicted molar refractivity (Wildman–Crippen MR) is 96.1 cm³/mol. The average Bonchev–Trinajstić information content (AvgIpc) is 2.83. The maximum atomic E-state index is 12.3. The van der Waals surface area contributed by atoms with Crippen LogP contribution in [-0.2, 0) is 0 Å². The van der Waals surface area contributed by atoms with Gasteiger partial charge >= 0.3 is 0 Å². The lowest BCUT2D eigenvalue weighted by Crippen LogP contribution is -2.31. The lowest BCUT2D eigenvalue weighted by atomic mass is 10.1. The van der Waals surface area contributed by atoms with Gasteiger partial charge in [-0.05, 0) is 24.5 Å². The van der Waals surface area contributed by atoms with Gasteiger partial charge in [-0.3, -0.25) is 19.3 Å². The molecule has 0 spiro atoms. The van der Waals surface area contributed by atoms with Gasteiger partial charge in [0.2, 0.25) is 0 Å². The average molecular weight is 357 g/mol. The largest absolute Gasteiger partial charge is 0.301 e. The smallest absolute Gasteiger partial charge is 0.261 e. The number of H-pyrrole nitrogens is 1. The molecule has 0 aliphatic carbocycles. The van der Waals surface area contributed by atoms with Crippen molar-refractivity contribution in [3.05, 3.63) is 57.5 Å². The number of carbonyl (C=O) groups excluding carboxylic acids is 2. The number of hydrogen-bond donors (Lipinski definition) is 1. The Morgan fingerprint density at radius 3 is 2.36 bits per heavy atom.